The molecule has 1 aliphatic rings. The molecule has 2 atom stereocenters. The SMILES string of the molecule is CCCC1(C)CCCN(C(=O)CC(C)N)C1. The van der Waals surface area contributed by atoms with E-state index < -0.39 is 0 Å². The maximum atomic E-state index is 11.9. The smallest absolute Gasteiger partial charge is 0.224 e. The predicted octanol–water partition coefficient (Wildman–Crippen LogP) is 2.15. The first-order valence-corrected chi connectivity index (χ1v) is 6.50. The lowest BCUT2D eigenvalue weighted by Gasteiger charge is -2.40. The van der Waals surface area contributed by atoms with Gasteiger partial charge in [0.05, 0.1) is 0 Å². The van der Waals surface area contributed by atoms with Crippen LogP contribution in [0.2, 0.25) is 0 Å². The van der Waals surface area contributed by atoms with Crippen molar-refractivity contribution in [1.82, 2.24) is 4.90 Å². The highest BCUT2D eigenvalue weighted by molar-refractivity contribution is 5.76. The minimum Gasteiger partial charge on any atom is -0.342 e. The minimum atomic E-state index is -0.0214. The largest absolute Gasteiger partial charge is 0.342 e. The van der Waals surface area contributed by atoms with Crippen LogP contribution in [0.3, 0.4) is 0 Å². The average molecular weight is 226 g/mol. The Bertz CT molecular complexity index is 236. The van der Waals surface area contributed by atoms with Gasteiger partial charge in [0, 0.05) is 25.6 Å². The van der Waals surface area contributed by atoms with E-state index >= 15 is 0 Å². The molecule has 16 heavy (non-hydrogen) atoms. The van der Waals surface area contributed by atoms with Crippen molar-refractivity contribution in [3.05, 3.63) is 0 Å². The summed E-state index contributed by atoms with van der Waals surface area (Å²) in [6, 6.07) is -0.0214. The number of nitrogens with two attached hydrogens (primary N) is 1. The molecule has 1 amide bonds. The Morgan fingerprint density at radius 3 is 2.81 bits per heavy atom. The van der Waals surface area contributed by atoms with Gasteiger partial charge in [0.1, 0.15) is 0 Å². The molecule has 0 aromatic rings. The van der Waals surface area contributed by atoms with Crippen LogP contribution in [0.25, 0.3) is 0 Å². The molecular weight excluding hydrogens is 200 g/mol. The number of carbonyl (C=O) groups is 1. The number of amides is 1. The Kier molecular flexibility index (Phi) is 4.78. The summed E-state index contributed by atoms with van der Waals surface area (Å²) in [5, 5.41) is 0. The fourth-order valence-electron chi connectivity index (χ4n) is 2.74. The lowest BCUT2D eigenvalue weighted by Crippen LogP contribution is -2.46. The van der Waals surface area contributed by atoms with Gasteiger partial charge in [0.15, 0.2) is 0 Å². The van der Waals surface area contributed by atoms with Gasteiger partial charge in [0.2, 0.25) is 5.91 Å². The van der Waals surface area contributed by atoms with Crippen LogP contribution < -0.4 is 5.73 Å². The molecule has 0 aliphatic carbocycles. The van der Waals surface area contributed by atoms with E-state index in [2.05, 4.69) is 13.8 Å². The molecule has 1 fully saturated rings. The summed E-state index contributed by atoms with van der Waals surface area (Å²) >= 11 is 0. The summed E-state index contributed by atoms with van der Waals surface area (Å²) < 4.78 is 0. The summed E-state index contributed by atoms with van der Waals surface area (Å²) in [6.07, 6.45) is 5.30. The number of hydrogen-bond acceptors (Lipinski definition) is 2. The van der Waals surface area contributed by atoms with E-state index in [1.165, 1.54) is 19.3 Å². The molecule has 0 saturated carbocycles. The molecule has 0 radical (unpaired) electrons. The van der Waals surface area contributed by atoms with E-state index in [1.54, 1.807) is 0 Å². The quantitative estimate of drug-likeness (QED) is 0.798. The third-order valence-corrected chi connectivity index (χ3v) is 3.48. The Hall–Kier alpha value is -0.570. The normalized spacial score (nSPS) is 27.9. The second-order valence-corrected chi connectivity index (χ2v) is 5.66. The standard InChI is InChI=1S/C13H26N2O/c1-4-6-13(3)7-5-8-15(10-13)12(16)9-11(2)14/h11H,4-10,14H2,1-3H3. The summed E-state index contributed by atoms with van der Waals surface area (Å²) in [6.45, 7) is 8.26. The number of rotatable bonds is 4. The third kappa shape index (κ3) is 3.78. The van der Waals surface area contributed by atoms with Crippen LogP contribution in [-0.4, -0.2) is 29.9 Å². The van der Waals surface area contributed by atoms with Crippen molar-refractivity contribution in [2.45, 2.75) is 58.9 Å². The van der Waals surface area contributed by atoms with Crippen molar-refractivity contribution in [3.8, 4) is 0 Å². The molecule has 3 nitrogen and oxygen atoms in total. The van der Waals surface area contributed by atoms with Crippen molar-refractivity contribution >= 4 is 5.91 Å². The first kappa shape index (κ1) is 13.5. The summed E-state index contributed by atoms with van der Waals surface area (Å²) in [4.78, 5) is 14.0. The average Bonchev–Trinajstić information content (AvgIpc) is 2.16. The number of carbonyl (C=O) groups excluding carboxylic acids is 1. The summed E-state index contributed by atoms with van der Waals surface area (Å²) in [7, 11) is 0. The second kappa shape index (κ2) is 5.67. The molecular formula is C13H26N2O. The first-order valence-electron chi connectivity index (χ1n) is 6.50. The maximum absolute atomic E-state index is 11.9. The Morgan fingerprint density at radius 2 is 2.25 bits per heavy atom. The highest BCUT2D eigenvalue weighted by atomic mass is 16.2. The zero-order valence-electron chi connectivity index (χ0n) is 11.0. The molecule has 0 spiro atoms. The molecule has 0 aromatic heterocycles. The molecule has 94 valence electrons. The lowest BCUT2D eigenvalue weighted by molar-refractivity contribution is -0.134. The number of hydrogen-bond donors (Lipinski definition) is 1. The molecule has 1 heterocycles. The van der Waals surface area contributed by atoms with Crippen molar-refractivity contribution < 1.29 is 4.79 Å². The summed E-state index contributed by atoms with van der Waals surface area (Å²) in [5.41, 5.74) is 6.01. The highest BCUT2D eigenvalue weighted by Crippen LogP contribution is 2.34. The van der Waals surface area contributed by atoms with E-state index in [0.717, 1.165) is 19.5 Å². The Morgan fingerprint density at radius 1 is 1.56 bits per heavy atom. The van der Waals surface area contributed by atoms with Gasteiger partial charge in [-0.1, -0.05) is 20.3 Å². The van der Waals surface area contributed by atoms with Crippen molar-refractivity contribution in [1.29, 1.82) is 0 Å². The molecule has 2 unspecified atom stereocenters. The molecule has 3 heteroatoms. The van der Waals surface area contributed by atoms with Crippen LogP contribution >= 0.6 is 0 Å². The maximum Gasteiger partial charge on any atom is 0.224 e. The first-order chi connectivity index (χ1) is 7.47. The van der Waals surface area contributed by atoms with E-state index in [4.69, 9.17) is 5.73 Å². The van der Waals surface area contributed by atoms with Gasteiger partial charge in [-0.3, -0.25) is 4.79 Å². The monoisotopic (exact) mass is 226 g/mol. The fourth-order valence-corrected chi connectivity index (χ4v) is 2.74. The van der Waals surface area contributed by atoms with Crippen LogP contribution in [0.1, 0.15) is 52.9 Å². The van der Waals surface area contributed by atoms with Gasteiger partial charge in [-0.2, -0.15) is 0 Å². The lowest BCUT2D eigenvalue weighted by atomic mass is 9.78. The minimum absolute atomic E-state index is 0.0214. The van der Waals surface area contributed by atoms with Gasteiger partial charge < -0.3 is 10.6 Å². The van der Waals surface area contributed by atoms with Gasteiger partial charge >= 0.3 is 0 Å². The fraction of sp³-hybridized carbons (Fsp3) is 0.923. The molecule has 2 N–H and O–H groups in total. The van der Waals surface area contributed by atoms with E-state index in [9.17, 15) is 4.79 Å². The predicted molar refractivity (Wildman–Crippen MR) is 67.1 cm³/mol. The van der Waals surface area contributed by atoms with Crippen LogP contribution in [0.5, 0.6) is 0 Å². The van der Waals surface area contributed by atoms with Crippen LogP contribution in [0, 0.1) is 5.41 Å². The van der Waals surface area contributed by atoms with Gasteiger partial charge in [-0.15, -0.1) is 0 Å². The van der Waals surface area contributed by atoms with Crippen LogP contribution in [0.15, 0.2) is 0 Å². The van der Waals surface area contributed by atoms with E-state index in [-0.39, 0.29) is 11.9 Å². The van der Waals surface area contributed by atoms with E-state index in [1.807, 2.05) is 11.8 Å². The van der Waals surface area contributed by atoms with Gasteiger partial charge in [-0.25, -0.2) is 0 Å². The molecule has 1 rings (SSSR count). The molecule has 1 saturated heterocycles. The van der Waals surface area contributed by atoms with Crippen molar-refractivity contribution in [3.63, 3.8) is 0 Å². The second-order valence-electron chi connectivity index (χ2n) is 5.66. The van der Waals surface area contributed by atoms with Crippen molar-refractivity contribution in [2.75, 3.05) is 13.1 Å². The Labute approximate surface area is 99.4 Å². The highest BCUT2D eigenvalue weighted by Gasteiger charge is 2.32. The number of likely N-dealkylation sites (tertiary alicyclic amines) is 1. The van der Waals surface area contributed by atoms with Gasteiger partial charge in [0.25, 0.3) is 0 Å². The van der Waals surface area contributed by atoms with Crippen LogP contribution in [-0.2, 0) is 4.79 Å². The zero-order valence-corrected chi connectivity index (χ0v) is 11.0. The van der Waals surface area contributed by atoms with Gasteiger partial charge in [-0.05, 0) is 31.6 Å². The molecule has 0 aromatic carbocycles. The zero-order chi connectivity index (χ0) is 12.2. The van der Waals surface area contributed by atoms with E-state index in [0.29, 0.717) is 11.8 Å². The van der Waals surface area contributed by atoms with Crippen molar-refractivity contribution in [2.24, 2.45) is 11.1 Å². The molecule has 0 bridgehead atoms. The third-order valence-electron chi connectivity index (χ3n) is 3.48. The summed E-state index contributed by atoms with van der Waals surface area (Å²) in [5.74, 6) is 0.233. The topological polar surface area (TPSA) is 46.3 Å². The Balaban J connectivity index is 2.52. The number of nitrogens with zero attached hydrogens (tertiary/aromatic N) is 1. The number of piperidine rings is 1. The van der Waals surface area contributed by atoms with Crippen LogP contribution in [0.4, 0.5) is 0 Å². The molecule has 1 aliphatic heterocycles.